The summed E-state index contributed by atoms with van der Waals surface area (Å²) in [7, 11) is 0. The van der Waals surface area contributed by atoms with Crippen LogP contribution in [0.1, 0.15) is 44.6 Å². The van der Waals surface area contributed by atoms with Crippen LogP contribution in [0.4, 0.5) is 0 Å². The van der Waals surface area contributed by atoms with Crippen LogP contribution < -0.4 is 5.73 Å². The highest BCUT2D eigenvalue weighted by Gasteiger charge is 2.26. The van der Waals surface area contributed by atoms with Crippen LogP contribution in [0.3, 0.4) is 0 Å². The third-order valence-corrected chi connectivity index (χ3v) is 5.32. The fourth-order valence-electron chi connectivity index (χ4n) is 3.20. The zero-order valence-electron chi connectivity index (χ0n) is 11.5. The predicted molar refractivity (Wildman–Crippen MR) is 86.6 cm³/mol. The predicted octanol–water partition coefficient (Wildman–Crippen LogP) is 5.19. The summed E-state index contributed by atoms with van der Waals surface area (Å²) in [6, 6.07) is 6.34. The molecule has 2 rings (SSSR count). The molecule has 1 aromatic carbocycles. The second-order valence-electron chi connectivity index (χ2n) is 5.80. The summed E-state index contributed by atoms with van der Waals surface area (Å²) in [4.78, 5) is 0. The van der Waals surface area contributed by atoms with Crippen molar-refractivity contribution in [1.82, 2.24) is 0 Å². The third kappa shape index (κ3) is 4.21. The molecular weight excluding hydrogens is 322 g/mol. The number of nitrogens with two attached hydrogens (primary N) is 1. The van der Waals surface area contributed by atoms with E-state index in [2.05, 4.69) is 28.9 Å². The Balaban J connectivity index is 1.98. The average Bonchev–Trinajstić information content (AvgIpc) is 2.42. The van der Waals surface area contributed by atoms with Gasteiger partial charge in [0.15, 0.2) is 0 Å². The first-order valence-corrected chi connectivity index (χ1v) is 8.46. The van der Waals surface area contributed by atoms with Crippen LogP contribution in [-0.4, -0.2) is 6.04 Å². The van der Waals surface area contributed by atoms with Gasteiger partial charge in [0.25, 0.3) is 0 Å². The Labute approximate surface area is 130 Å². The molecule has 0 bridgehead atoms. The van der Waals surface area contributed by atoms with Gasteiger partial charge in [-0.2, -0.15) is 0 Å². The Hall–Kier alpha value is -0.0500. The number of hydrogen-bond acceptors (Lipinski definition) is 1. The van der Waals surface area contributed by atoms with Gasteiger partial charge in [-0.15, -0.1) is 0 Å². The van der Waals surface area contributed by atoms with Gasteiger partial charge in [0, 0.05) is 15.5 Å². The fourth-order valence-corrected chi connectivity index (χ4v) is 3.95. The molecular formula is C16H23BrClN. The summed E-state index contributed by atoms with van der Waals surface area (Å²) < 4.78 is 1.03. The van der Waals surface area contributed by atoms with Gasteiger partial charge in [-0.05, 0) is 48.8 Å². The molecule has 1 nitrogen and oxygen atoms in total. The average molecular weight is 345 g/mol. The van der Waals surface area contributed by atoms with E-state index in [1.807, 2.05) is 12.1 Å². The lowest BCUT2D eigenvalue weighted by Crippen LogP contribution is -2.35. The van der Waals surface area contributed by atoms with Crippen molar-refractivity contribution in [1.29, 1.82) is 0 Å². The Morgan fingerprint density at radius 2 is 2.21 bits per heavy atom. The lowest BCUT2D eigenvalue weighted by atomic mass is 9.76. The Morgan fingerprint density at radius 1 is 1.42 bits per heavy atom. The quantitative estimate of drug-likeness (QED) is 0.799. The van der Waals surface area contributed by atoms with Crippen molar-refractivity contribution in [2.75, 3.05) is 0 Å². The Bertz CT molecular complexity index is 421. The summed E-state index contributed by atoms with van der Waals surface area (Å²) in [6.45, 7) is 2.30. The minimum atomic E-state index is 0.244. The number of benzene rings is 1. The van der Waals surface area contributed by atoms with Gasteiger partial charge < -0.3 is 5.73 Å². The van der Waals surface area contributed by atoms with E-state index in [9.17, 15) is 0 Å². The van der Waals surface area contributed by atoms with E-state index in [1.54, 1.807) is 0 Å². The molecule has 0 saturated heterocycles. The minimum absolute atomic E-state index is 0.244. The molecule has 1 aliphatic carbocycles. The second-order valence-corrected chi connectivity index (χ2v) is 7.13. The standard InChI is InChI=1S/C16H23BrClN/c1-2-11-4-3-5-13(8-11)16(19)9-12-6-7-14(17)10-15(12)18/h6-7,10-11,13,16H,2-5,8-9,19H2,1H3. The summed E-state index contributed by atoms with van der Waals surface area (Å²) in [6.07, 6.45) is 7.50. The van der Waals surface area contributed by atoms with Crippen molar-refractivity contribution in [2.45, 2.75) is 51.5 Å². The van der Waals surface area contributed by atoms with Crippen LogP contribution >= 0.6 is 27.5 Å². The largest absolute Gasteiger partial charge is 0.327 e. The third-order valence-electron chi connectivity index (χ3n) is 4.48. The lowest BCUT2D eigenvalue weighted by Gasteiger charge is -2.32. The Kier molecular flexibility index (Phi) is 5.73. The maximum absolute atomic E-state index is 6.43. The molecule has 0 radical (unpaired) electrons. The normalized spacial score (nSPS) is 25.3. The van der Waals surface area contributed by atoms with Crippen molar-refractivity contribution in [3.63, 3.8) is 0 Å². The van der Waals surface area contributed by atoms with E-state index in [-0.39, 0.29) is 6.04 Å². The van der Waals surface area contributed by atoms with Crippen LogP contribution in [0.2, 0.25) is 5.02 Å². The minimum Gasteiger partial charge on any atom is -0.327 e. The zero-order chi connectivity index (χ0) is 13.8. The van der Waals surface area contributed by atoms with Gasteiger partial charge in [-0.1, -0.05) is 59.8 Å². The van der Waals surface area contributed by atoms with Gasteiger partial charge in [-0.3, -0.25) is 0 Å². The lowest BCUT2D eigenvalue weighted by molar-refractivity contribution is 0.228. The van der Waals surface area contributed by atoms with Crippen LogP contribution in [-0.2, 0) is 6.42 Å². The maximum Gasteiger partial charge on any atom is 0.0449 e. The van der Waals surface area contributed by atoms with Gasteiger partial charge >= 0.3 is 0 Å². The van der Waals surface area contributed by atoms with E-state index in [0.29, 0.717) is 5.92 Å². The molecule has 19 heavy (non-hydrogen) atoms. The molecule has 3 heteroatoms. The number of hydrogen-bond donors (Lipinski definition) is 1. The van der Waals surface area contributed by atoms with Crippen LogP contribution in [0.5, 0.6) is 0 Å². The zero-order valence-corrected chi connectivity index (χ0v) is 13.9. The van der Waals surface area contributed by atoms with Crippen molar-refractivity contribution in [3.8, 4) is 0 Å². The molecule has 1 aliphatic rings. The molecule has 3 atom stereocenters. The summed E-state index contributed by atoms with van der Waals surface area (Å²) in [5.74, 6) is 1.55. The van der Waals surface area contributed by atoms with E-state index in [0.717, 1.165) is 21.8 Å². The number of rotatable bonds is 4. The van der Waals surface area contributed by atoms with Crippen LogP contribution in [0.25, 0.3) is 0 Å². The maximum atomic E-state index is 6.43. The summed E-state index contributed by atoms with van der Waals surface area (Å²) in [5, 5.41) is 0.827. The molecule has 3 unspecified atom stereocenters. The van der Waals surface area contributed by atoms with Gasteiger partial charge in [0.1, 0.15) is 0 Å². The molecule has 0 amide bonds. The molecule has 0 aromatic heterocycles. The first-order chi connectivity index (χ1) is 9.10. The van der Waals surface area contributed by atoms with Crippen molar-refractivity contribution < 1.29 is 0 Å². The van der Waals surface area contributed by atoms with E-state index in [1.165, 1.54) is 37.7 Å². The molecule has 1 aromatic rings. The highest BCUT2D eigenvalue weighted by atomic mass is 79.9. The van der Waals surface area contributed by atoms with E-state index >= 15 is 0 Å². The molecule has 0 aliphatic heterocycles. The van der Waals surface area contributed by atoms with Gasteiger partial charge in [-0.25, -0.2) is 0 Å². The van der Waals surface area contributed by atoms with Gasteiger partial charge in [0.05, 0.1) is 0 Å². The first kappa shape index (κ1) is 15.3. The molecule has 106 valence electrons. The Morgan fingerprint density at radius 3 is 2.89 bits per heavy atom. The van der Waals surface area contributed by atoms with Crippen LogP contribution in [0, 0.1) is 11.8 Å². The van der Waals surface area contributed by atoms with Crippen molar-refractivity contribution >= 4 is 27.5 Å². The summed E-state index contributed by atoms with van der Waals surface area (Å²) >= 11 is 9.72. The topological polar surface area (TPSA) is 26.0 Å². The molecule has 1 saturated carbocycles. The monoisotopic (exact) mass is 343 g/mol. The highest BCUT2D eigenvalue weighted by Crippen LogP contribution is 2.34. The number of halogens is 2. The highest BCUT2D eigenvalue weighted by molar-refractivity contribution is 9.10. The van der Waals surface area contributed by atoms with Crippen LogP contribution in [0.15, 0.2) is 22.7 Å². The van der Waals surface area contributed by atoms with Gasteiger partial charge in [0.2, 0.25) is 0 Å². The van der Waals surface area contributed by atoms with Crippen molar-refractivity contribution in [3.05, 3.63) is 33.3 Å². The molecule has 0 heterocycles. The molecule has 1 fully saturated rings. The SMILES string of the molecule is CCC1CCCC(C(N)Cc2ccc(Br)cc2Cl)C1. The van der Waals surface area contributed by atoms with E-state index in [4.69, 9.17) is 17.3 Å². The summed E-state index contributed by atoms with van der Waals surface area (Å²) in [5.41, 5.74) is 7.61. The van der Waals surface area contributed by atoms with Crippen molar-refractivity contribution in [2.24, 2.45) is 17.6 Å². The molecule has 0 spiro atoms. The smallest absolute Gasteiger partial charge is 0.0449 e. The van der Waals surface area contributed by atoms with E-state index < -0.39 is 0 Å². The fraction of sp³-hybridized carbons (Fsp3) is 0.625. The second kappa shape index (κ2) is 7.10. The molecule has 2 N–H and O–H groups in total. The first-order valence-electron chi connectivity index (χ1n) is 7.29.